The first-order valence-corrected chi connectivity index (χ1v) is 9.68. The monoisotopic (exact) mass is 382 g/mol. The highest BCUT2D eigenvalue weighted by atomic mass is 32.2. The van der Waals surface area contributed by atoms with Gasteiger partial charge in [0.05, 0.1) is 18.5 Å². The van der Waals surface area contributed by atoms with Gasteiger partial charge in [0.2, 0.25) is 5.88 Å². The highest BCUT2D eigenvalue weighted by Gasteiger charge is 2.24. The smallest absolute Gasteiger partial charge is 0.274 e. The standard InChI is InChI=1S/C18H18N6O2S/c1-26-17-6-5-16(20-21-17)24-15(13-4-2-3-7-19-13)12-14(22-24)18(25)23-8-10-27-11-9-23/h2-7,12H,8-11H2,1H3. The summed E-state index contributed by atoms with van der Waals surface area (Å²) < 4.78 is 6.66. The van der Waals surface area contributed by atoms with Crippen LogP contribution in [-0.2, 0) is 0 Å². The van der Waals surface area contributed by atoms with Gasteiger partial charge < -0.3 is 9.64 Å². The predicted octanol–water partition coefficient (Wildman–Crippen LogP) is 1.92. The maximum absolute atomic E-state index is 12.9. The molecule has 0 aromatic carbocycles. The molecule has 9 heteroatoms. The van der Waals surface area contributed by atoms with E-state index in [1.165, 1.54) is 7.11 Å². The van der Waals surface area contributed by atoms with Gasteiger partial charge in [-0.05, 0) is 24.3 Å². The van der Waals surface area contributed by atoms with Crippen molar-refractivity contribution in [2.75, 3.05) is 31.7 Å². The van der Waals surface area contributed by atoms with Gasteiger partial charge in [-0.15, -0.1) is 10.2 Å². The first-order chi connectivity index (χ1) is 13.3. The van der Waals surface area contributed by atoms with Crippen LogP contribution in [0.3, 0.4) is 0 Å². The van der Waals surface area contributed by atoms with Crippen LogP contribution in [0.2, 0.25) is 0 Å². The number of nitrogens with zero attached hydrogens (tertiary/aromatic N) is 6. The van der Waals surface area contributed by atoms with Gasteiger partial charge in [0.15, 0.2) is 11.5 Å². The molecule has 0 saturated carbocycles. The van der Waals surface area contributed by atoms with Crippen molar-refractivity contribution in [3.05, 3.63) is 48.3 Å². The van der Waals surface area contributed by atoms with Crippen molar-refractivity contribution in [2.24, 2.45) is 0 Å². The van der Waals surface area contributed by atoms with Crippen LogP contribution in [0, 0.1) is 0 Å². The molecule has 0 aliphatic carbocycles. The number of aromatic nitrogens is 5. The Morgan fingerprint density at radius 1 is 1.15 bits per heavy atom. The summed E-state index contributed by atoms with van der Waals surface area (Å²) in [6.07, 6.45) is 1.70. The molecule has 1 saturated heterocycles. The van der Waals surface area contributed by atoms with E-state index in [0.717, 1.165) is 24.6 Å². The lowest BCUT2D eigenvalue weighted by molar-refractivity contribution is 0.0766. The number of methoxy groups -OCH3 is 1. The van der Waals surface area contributed by atoms with E-state index in [9.17, 15) is 4.79 Å². The zero-order valence-corrected chi connectivity index (χ0v) is 15.6. The SMILES string of the molecule is COc1ccc(-n2nc(C(=O)N3CCSCC3)cc2-c2ccccn2)nn1. The number of carbonyl (C=O) groups is 1. The van der Waals surface area contributed by atoms with Gasteiger partial charge in [-0.2, -0.15) is 16.9 Å². The van der Waals surface area contributed by atoms with E-state index in [-0.39, 0.29) is 5.91 Å². The largest absolute Gasteiger partial charge is 0.480 e. The van der Waals surface area contributed by atoms with E-state index < -0.39 is 0 Å². The van der Waals surface area contributed by atoms with Crippen LogP contribution in [-0.4, -0.2) is 67.5 Å². The minimum absolute atomic E-state index is 0.0762. The predicted molar refractivity (Wildman–Crippen MR) is 102 cm³/mol. The van der Waals surface area contributed by atoms with Crippen molar-refractivity contribution in [2.45, 2.75) is 0 Å². The molecule has 0 atom stereocenters. The van der Waals surface area contributed by atoms with Gasteiger partial charge in [-0.1, -0.05) is 6.07 Å². The molecule has 1 amide bonds. The number of amides is 1. The van der Waals surface area contributed by atoms with E-state index in [1.54, 1.807) is 29.1 Å². The molecular formula is C18H18N6O2S. The van der Waals surface area contributed by atoms with E-state index in [1.807, 2.05) is 34.9 Å². The van der Waals surface area contributed by atoms with E-state index >= 15 is 0 Å². The summed E-state index contributed by atoms with van der Waals surface area (Å²) in [5.74, 6) is 2.72. The van der Waals surface area contributed by atoms with Crippen molar-refractivity contribution in [1.29, 1.82) is 0 Å². The number of hydrogen-bond acceptors (Lipinski definition) is 7. The lowest BCUT2D eigenvalue weighted by atomic mass is 10.2. The van der Waals surface area contributed by atoms with E-state index in [2.05, 4.69) is 20.3 Å². The molecule has 0 unspecified atom stereocenters. The number of thioether (sulfide) groups is 1. The molecule has 1 aliphatic heterocycles. The van der Waals surface area contributed by atoms with Crippen LogP contribution in [0.4, 0.5) is 0 Å². The lowest BCUT2D eigenvalue weighted by Crippen LogP contribution is -2.38. The molecule has 138 valence electrons. The van der Waals surface area contributed by atoms with Crippen molar-refractivity contribution in [1.82, 2.24) is 29.9 Å². The molecular weight excluding hydrogens is 364 g/mol. The molecule has 8 nitrogen and oxygen atoms in total. The number of pyridine rings is 1. The normalized spacial score (nSPS) is 14.2. The highest BCUT2D eigenvalue weighted by molar-refractivity contribution is 7.99. The Morgan fingerprint density at radius 2 is 2.00 bits per heavy atom. The molecule has 3 aromatic heterocycles. The number of ether oxygens (including phenoxy) is 1. The number of carbonyl (C=O) groups excluding carboxylic acids is 1. The molecule has 0 N–H and O–H groups in total. The Balaban J connectivity index is 1.75. The third kappa shape index (κ3) is 3.63. The first-order valence-electron chi connectivity index (χ1n) is 8.53. The van der Waals surface area contributed by atoms with Crippen molar-refractivity contribution in [3.63, 3.8) is 0 Å². The summed E-state index contributed by atoms with van der Waals surface area (Å²) in [4.78, 5) is 19.1. The number of rotatable bonds is 4. The average Bonchev–Trinajstić information content (AvgIpc) is 3.20. The lowest BCUT2D eigenvalue weighted by Gasteiger charge is -2.25. The Bertz CT molecular complexity index is 923. The molecule has 0 bridgehead atoms. The molecule has 1 aliphatic rings. The first kappa shape index (κ1) is 17.5. The van der Waals surface area contributed by atoms with Gasteiger partial charge in [-0.25, -0.2) is 4.68 Å². The summed E-state index contributed by atoms with van der Waals surface area (Å²) in [6, 6.07) is 10.8. The van der Waals surface area contributed by atoms with Crippen LogP contribution in [0.15, 0.2) is 42.6 Å². The van der Waals surface area contributed by atoms with Crippen LogP contribution >= 0.6 is 11.8 Å². The maximum atomic E-state index is 12.9. The third-order valence-electron chi connectivity index (χ3n) is 4.21. The molecule has 1 fully saturated rings. The summed E-state index contributed by atoms with van der Waals surface area (Å²) in [5, 5.41) is 12.7. The fraction of sp³-hybridized carbons (Fsp3) is 0.278. The molecule has 4 rings (SSSR count). The zero-order valence-electron chi connectivity index (χ0n) is 14.8. The van der Waals surface area contributed by atoms with Crippen LogP contribution in [0.1, 0.15) is 10.5 Å². The summed E-state index contributed by atoms with van der Waals surface area (Å²) >= 11 is 1.86. The van der Waals surface area contributed by atoms with Gasteiger partial charge in [-0.3, -0.25) is 9.78 Å². The van der Waals surface area contributed by atoms with Crippen molar-refractivity contribution < 1.29 is 9.53 Å². The van der Waals surface area contributed by atoms with Crippen LogP contribution in [0.5, 0.6) is 5.88 Å². The van der Waals surface area contributed by atoms with Gasteiger partial charge in [0, 0.05) is 36.9 Å². The Labute approximate surface area is 160 Å². The van der Waals surface area contributed by atoms with Crippen LogP contribution in [0.25, 0.3) is 17.2 Å². The highest BCUT2D eigenvalue weighted by Crippen LogP contribution is 2.23. The Morgan fingerprint density at radius 3 is 2.67 bits per heavy atom. The van der Waals surface area contributed by atoms with Gasteiger partial charge in [0.25, 0.3) is 5.91 Å². The Kier molecular flexibility index (Phi) is 5.01. The second kappa shape index (κ2) is 7.75. The zero-order chi connectivity index (χ0) is 18.6. The van der Waals surface area contributed by atoms with E-state index in [4.69, 9.17) is 4.74 Å². The quantitative estimate of drug-likeness (QED) is 0.681. The topological polar surface area (TPSA) is 86.0 Å². The maximum Gasteiger partial charge on any atom is 0.274 e. The second-order valence-electron chi connectivity index (χ2n) is 5.88. The summed E-state index contributed by atoms with van der Waals surface area (Å²) in [6.45, 7) is 1.47. The fourth-order valence-corrected chi connectivity index (χ4v) is 3.72. The minimum atomic E-state index is -0.0762. The number of hydrogen-bond donors (Lipinski definition) is 0. The van der Waals surface area contributed by atoms with Gasteiger partial charge in [0.1, 0.15) is 0 Å². The van der Waals surface area contributed by atoms with Crippen molar-refractivity contribution in [3.8, 4) is 23.1 Å². The molecule has 3 aromatic rings. The van der Waals surface area contributed by atoms with E-state index in [0.29, 0.717) is 28.8 Å². The van der Waals surface area contributed by atoms with Gasteiger partial charge >= 0.3 is 0 Å². The summed E-state index contributed by atoms with van der Waals surface area (Å²) in [7, 11) is 1.53. The Hall–Kier alpha value is -2.94. The van der Waals surface area contributed by atoms with Crippen molar-refractivity contribution >= 4 is 17.7 Å². The fourth-order valence-electron chi connectivity index (χ4n) is 2.82. The third-order valence-corrected chi connectivity index (χ3v) is 5.15. The molecule has 27 heavy (non-hydrogen) atoms. The van der Waals surface area contributed by atoms with Crippen LogP contribution < -0.4 is 4.74 Å². The molecule has 4 heterocycles. The molecule has 0 radical (unpaired) electrons. The molecule has 0 spiro atoms. The average molecular weight is 382 g/mol. The second-order valence-corrected chi connectivity index (χ2v) is 7.10. The minimum Gasteiger partial charge on any atom is -0.480 e. The summed E-state index contributed by atoms with van der Waals surface area (Å²) in [5.41, 5.74) is 1.76.